The fourth-order valence-electron chi connectivity index (χ4n) is 2.01. The van der Waals surface area contributed by atoms with Crippen molar-refractivity contribution >= 4 is 5.96 Å². The largest absolute Gasteiger partial charge is 0.468 e. The SMILES string of the molecule is C=C(C)CNC(N)=NCC(c1ccco1)N(CC)CC. The number of hydrogen-bond donors (Lipinski definition) is 2. The number of likely N-dealkylation sites (N-methyl/N-ethyl adjacent to an activating group) is 1. The Kier molecular flexibility index (Phi) is 6.87. The molecule has 5 nitrogen and oxygen atoms in total. The minimum atomic E-state index is 0.116. The first-order chi connectivity index (χ1) is 9.58. The third kappa shape index (κ3) is 5.09. The van der Waals surface area contributed by atoms with Crippen molar-refractivity contribution in [1.82, 2.24) is 10.2 Å². The molecular weight excluding hydrogens is 252 g/mol. The highest BCUT2D eigenvalue weighted by molar-refractivity contribution is 5.78. The van der Waals surface area contributed by atoms with Gasteiger partial charge < -0.3 is 15.5 Å². The average molecular weight is 278 g/mol. The molecule has 112 valence electrons. The zero-order valence-electron chi connectivity index (χ0n) is 12.7. The van der Waals surface area contributed by atoms with Gasteiger partial charge in [0.25, 0.3) is 0 Å². The van der Waals surface area contributed by atoms with Gasteiger partial charge in [0.15, 0.2) is 5.96 Å². The van der Waals surface area contributed by atoms with Crippen molar-refractivity contribution in [1.29, 1.82) is 0 Å². The molecule has 0 aromatic carbocycles. The van der Waals surface area contributed by atoms with Crippen molar-refractivity contribution in [3.63, 3.8) is 0 Å². The monoisotopic (exact) mass is 278 g/mol. The molecule has 0 bridgehead atoms. The maximum atomic E-state index is 5.86. The van der Waals surface area contributed by atoms with Gasteiger partial charge in [-0.05, 0) is 32.1 Å². The van der Waals surface area contributed by atoms with Crippen LogP contribution in [0.5, 0.6) is 0 Å². The van der Waals surface area contributed by atoms with Crippen LogP contribution in [-0.2, 0) is 0 Å². The van der Waals surface area contributed by atoms with E-state index in [1.807, 2.05) is 19.1 Å². The summed E-state index contributed by atoms with van der Waals surface area (Å²) in [5.74, 6) is 1.36. The average Bonchev–Trinajstić information content (AvgIpc) is 2.94. The summed E-state index contributed by atoms with van der Waals surface area (Å²) < 4.78 is 5.52. The first-order valence-electron chi connectivity index (χ1n) is 7.04. The number of nitrogens with one attached hydrogen (secondary N) is 1. The van der Waals surface area contributed by atoms with Gasteiger partial charge in [0.1, 0.15) is 5.76 Å². The minimum absolute atomic E-state index is 0.116. The van der Waals surface area contributed by atoms with E-state index in [2.05, 4.69) is 35.6 Å². The fourth-order valence-corrected chi connectivity index (χ4v) is 2.01. The quantitative estimate of drug-likeness (QED) is 0.434. The number of hydrogen-bond acceptors (Lipinski definition) is 3. The molecule has 0 aliphatic carbocycles. The van der Waals surface area contributed by atoms with Gasteiger partial charge in [0.05, 0.1) is 18.8 Å². The van der Waals surface area contributed by atoms with Crippen molar-refractivity contribution in [2.45, 2.75) is 26.8 Å². The molecule has 0 amide bonds. The molecule has 1 atom stereocenters. The second kappa shape index (κ2) is 8.43. The lowest BCUT2D eigenvalue weighted by Gasteiger charge is -2.26. The predicted molar refractivity (Wildman–Crippen MR) is 83.7 cm³/mol. The van der Waals surface area contributed by atoms with Gasteiger partial charge in [-0.1, -0.05) is 26.0 Å². The number of nitrogens with zero attached hydrogens (tertiary/aromatic N) is 2. The van der Waals surface area contributed by atoms with Gasteiger partial charge in [-0.25, -0.2) is 0 Å². The van der Waals surface area contributed by atoms with E-state index in [9.17, 15) is 0 Å². The third-order valence-corrected chi connectivity index (χ3v) is 3.13. The Labute approximate surface area is 121 Å². The van der Waals surface area contributed by atoms with Crippen molar-refractivity contribution in [3.8, 4) is 0 Å². The molecule has 0 aliphatic rings. The minimum Gasteiger partial charge on any atom is -0.468 e. The summed E-state index contributed by atoms with van der Waals surface area (Å²) in [6.45, 7) is 13.1. The molecule has 1 aromatic heterocycles. The molecule has 0 saturated heterocycles. The van der Waals surface area contributed by atoms with Gasteiger partial charge in [0.2, 0.25) is 0 Å². The van der Waals surface area contributed by atoms with Gasteiger partial charge in [-0.2, -0.15) is 0 Å². The van der Waals surface area contributed by atoms with E-state index in [-0.39, 0.29) is 6.04 Å². The molecular formula is C15H26N4O. The zero-order valence-corrected chi connectivity index (χ0v) is 12.7. The molecule has 1 rings (SSSR count). The molecule has 3 N–H and O–H groups in total. The molecule has 0 spiro atoms. The Morgan fingerprint density at radius 1 is 1.50 bits per heavy atom. The lowest BCUT2D eigenvalue weighted by Crippen LogP contribution is -2.35. The maximum absolute atomic E-state index is 5.86. The summed E-state index contributed by atoms with van der Waals surface area (Å²) in [7, 11) is 0. The van der Waals surface area contributed by atoms with Crippen LogP contribution in [0.4, 0.5) is 0 Å². The highest BCUT2D eigenvalue weighted by Crippen LogP contribution is 2.21. The normalized spacial score (nSPS) is 13.5. The van der Waals surface area contributed by atoms with Crippen LogP contribution in [0.1, 0.15) is 32.6 Å². The van der Waals surface area contributed by atoms with Crippen LogP contribution >= 0.6 is 0 Å². The summed E-state index contributed by atoms with van der Waals surface area (Å²) in [6.07, 6.45) is 1.69. The van der Waals surface area contributed by atoms with E-state index < -0.39 is 0 Å². The second-order valence-electron chi connectivity index (χ2n) is 4.79. The van der Waals surface area contributed by atoms with Crippen LogP contribution in [-0.4, -0.2) is 37.0 Å². The van der Waals surface area contributed by atoms with Crippen LogP contribution < -0.4 is 11.1 Å². The van der Waals surface area contributed by atoms with Crippen molar-refractivity contribution in [2.75, 3.05) is 26.2 Å². The summed E-state index contributed by atoms with van der Waals surface area (Å²) in [6, 6.07) is 4.00. The maximum Gasteiger partial charge on any atom is 0.188 e. The van der Waals surface area contributed by atoms with Crippen molar-refractivity contribution in [3.05, 3.63) is 36.3 Å². The van der Waals surface area contributed by atoms with Crippen LogP contribution in [0, 0.1) is 0 Å². The fraction of sp³-hybridized carbons (Fsp3) is 0.533. The molecule has 20 heavy (non-hydrogen) atoms. The molecule has 5 heteroatoms. The van der Waals surface area contributed by atoms with Crippen LogP contribution in [0.15, 0.2) is 40.0 Å². The number of nitrogens with two attached hydrogens (primary N) is 1. The molecule has 0 radical (unpaired) electrons. The third-order valence-electron chi connectivity index (χ3n) is 3.13. The highest BCUT2D eigenvalue weighted by atomic mass is 16.3. The summed E-state index contributed by atoms with van der Waals surface area (Å²) in [5.41, 5.74) is 6.88. The topological polar surface area (TPSA) is 66.8 Å². The number of rotatable bonds is 8. The molecule has 0 aliphatic heterocycles. The number of guanidine groups is 1. The number of aliphatic imine (C=N–C) groups is 1. The molecule has 0 fully saturated rings. The van der Waals surface area contributed by atoms with Crippen LogP contribution in [0.25, 0.3) is 0 Å². The first-order valence-corrected chi connectivity index (χ1v) is 7.04. The lowest BCUT2D eigenvalue weighted by atomic mass is 10.2. The van der Waals surface area contributed by atoms with E-state index in [1.165, 1.54) is 0 Å². The van der Waals surface area contributed by atoms with E-state index in [0.29, 0.717) is 19.0 Å². The molecule has 1 aromatic rings. The molecule has 0 saturated carbocycles. The van der Waals surface area contributed by atoms with E-state index in [4.69, 9.17) is 10.2 Å². The summed E-state index contributed by atoms with van der Waals surface area (Å²) >= 11 is 0. The lowest BCUT2D eigenvalue weighted by molar-refractivity contribution is 0.198. The van der Waals surface area contributed by atoms with E-state index >= 15 is 0 Å². The Hall–Kier alpha value is -1.75. The van der Waals surface area contributed by atoms with Gasteiger partial charge in [-0.3, -0.25) is 9.89 Å². The van der Waals surface area contributed by atoms with Crippen LogP contribution in [0.3, 0.4) is 0 Å². The van der Waals surface area contributed by atoms with Gasteiger partial charge in [0, 0.05) is 6.54 Å². The van der Waals surface area contributed by atoms with Crippen molar-refractivity contribution < 1.29 is 4.42 Å². The Morgan fingerprint density at radius 3 is 2.70 bits per heavy atom. The highest BCUT2D eigenvalue weighted by Gasteiger charge is 2.20. The van der Waals surface area contributed by atoms with E-state index in [0.717, 1.165) is 24.4 Å². The zero-order chi connectivity index (χ0) is 15.0. The Morgan fingerprint density at radius 2 is 2.20 bits per heavy atom. The smallest absolute Gasteiger partial charge is 0.188 e. The summed E-state index contributed by atoms with van der Waals surface area (Å²) in [5, 5.41) is 3.04. The van der Waals surface area contributed by atoms with Crippen molar-refractivity contribution in [2.24, 2.45) is 10.7 Å². The molecule has 1 heterocycles. The Balaban J connectivity index is 2.70. The summed E-state index contributed by atoms with van der Waals surface area (Å²) in [4.78, 5) is 6.71. The number of furan rings is 1. The van der Waals surface area contributed by atoms with Crippen LogP contribution in [0.2, 0.25) is 0 Å². The second-order valence-corrected chi connectivity index (χ2v) is 4.79. The molecule has 1 unspecified atom stereocenters. The van der Waals surface area contributed by atoms with E-state index in [1.54, 1.807) is 6.26 Å². The predicted octanol–water partition coefficient (Wildman–Crippen LogP) is 2.14. The Bertz CT molecular complexity index is 421. The standard InChI is InChI=1S/C15H26N4O/c1-5-19(6-2)13(14-8-7-9-20-14)11-18-15(16)17-10-12(3)4/h7-9,13H,3,5-6,10-11H2,1-2,4H3,(H3,16,17,18). The van der Waals surface area contributed by atoms with Gasteiger partial charge in [-0.15, -0.1) is 0 Å². The van der Waals surface area contributed by atoms with Gasteiger partial charge >= 0.3 is 0 Å². The first kappa shape index (κ1) is 16.3.